The fraction of sp³-hybridized carbons (Fsp3) is 0.222. The third-order valence-corrected chi connectivity index (χ3v) is 3.32. The second-order valence-corrected chi connectivity index (χ2v) is 5.08. The molecular formula is C18H20N2O2. The van der Waals surface area contributed by atoms with Crippen LogP contribution in [0.1, 0.15) is 30.1 Å². The summed E-state index contributed by atoms with van der Waals surface area (Å²) in [5, 5.41) is 2.81. The molecular weight excluding hydrogens is 276 g/mol. The molecule has 0 unspecified atom stereocenters. The van der Waals surface area contributed by atoms with Crippen LogP contribution in [0.15, 0.2) is 54.6 Å². The zero-order valence-electron chi connectivity index (χ0n) is 12.9. The van der Waals surface area contributed by atoms with Crippen molar-refractivity contribution in [1.29, 1.82) is 0 Å². The molecule has 4 nitrogen and oxygen atoms in total. The maximum Gasteiger partial charge on any atom is 0.258 e. The fourth-order valence-corrected chi connectivity index (χ4v) is 2.14. The first-order valence-electron chi connectivity index (χ1n) is 7.35. The number of rotatable bonds is 5. The van der Waals surface area contributed by atoms with Gasteiger partial charge in [0.15, 0.2) is 0 Å². The van der Waals surface area contributed by atoms with Crippen LogP contribution in [0.5, 0.6) is 0 Å². The van der Waals surface area contributed by atoms with Crippen LogP contribution in [0, 0.1) is 0 Å². The monoisotopic (exact) mass is 296 g/mol. The molecule has 0 aliphatic carbocycles. The lowest BCUT2D eigenvalue weighted by Crippen LogP contribution is -2.26. The summed E-state index contributed by atoms with van der Waals surface area (Å²) in [7, 11) is 1.74. The quantitative estimate of drug-likeness (QED) is 0.914. The molecule has 2 aromatic rings. The van der Waals surface area contributed by atoms with Crippen LogP contribution in [0.25, 0.3) is 0 Å². The minimum Gasteiger partial charge on any atom is -0.326 e. The molecule has 0 radical (unpaired) electrons. The van der Waals surface area contributed by atoms with E-state index in [1.54, 1.807) is 36.2 Å². The highest BCUT2D eigenvalue weighted by molar-refractivity contribution is 6.06. The van der Waals surface area contributed by atoms with Gasteiger partial charge >= 0.3 is 0 Å². The minimum atomic E-state index is -0.113. The van der Waals surface area contributed by atoms with E-state index in [0.717, 1.165) is 12.1 Å². The largest absolute Gasteiger partial charge is 0.326 e. The number of nitrogens with zero attached hydrogens (tertiary/aromatic N) is 1. The van der Waals surface area contributed by atoms with Crippen LogP contribution in [-0.2, 0) is 4.79 Å². The molecule has 0 fully saturated rings. The molecule has 0 aromatic heterocycles. The van der Waals surface area contributed by atoms with Gasteiger partial charge in [0.2, 0.25) is 5.91 Å². The van der Waals surface area contributed by atoms with Crippen LogP contribution in [0.3, 0.4) is 0 Å². The van der Waals surface area contributed by atoms with Gasteiger partial charge in [0.05, 0.1) is 0 Å². The number of hydrogen-bond acceptors (Lipinski definition) is 2. The number of amides is 2. The molecule has 1 N–H and O–H groups in total. The van der Waals surface area contributed by atoms with Gasteiger partial charge in [-0.25, -0.2) is 0 Å². The van der Waals surface area contributed by atoms with Crippen molar-refractivity contribution in [2.24, 2.45) is 0 Å². The maximum absolute atomic E-state index is 12.5. The fourth-order valence-electron chi connectivity index (χ4n) is 2.14. The molecule has 0 spiro atoms. The number of anilines is 2. The van der Waals surface area contributed by atoms with Crippen LogP contribution in [0.4, 0.5) is 11.4 Å². The molecule has 2 aromatic carbocycles. The molecule has 0 heterocycles. The smallest absolute Gasteiger partial charge is 0.258 e. The van der Waals surface area contributed by atoms with Crippen LogP contribution in [0.2, 0.25) is 0 Å². The minimum absolute atomic E-state index is 0.0384. The summed E-state index contributed by atoms with van der Waals surface area (Å²) >= 11 is 0. The topological polar surface area (TPSA) is 49.4 Å². The van der Waals surface area contributed by atoms with Gasteiger partial charge in [-0.2, -0.15) is 0 Å². The molecule has 0 saturated heterocycles. The molecule has 0 bridgehead atoms. The van der Waals surface area contributed by atoms with E-state index in [1.165, 1.54) is 0 Å². The van der Waals surface area contributed by atoms with Crippen LogP contribution in [-0.4, -0.2) is 18.9 Å². The Kier molecular flexibility index (Phi) is 5.31. The molecule has 4 heteroatoms. The summed E-state index contributed by atoms with van der Waals surface area (Å²) < 4.78 is 0. The average Bonchev–Trinajstić information content (AvgIpc) is 2.54. The van der Waals surface area contributed by atoms with Gasteiger partial charge in [-0.1, -0.05) is 31.2 Å². The number of carbonyl (C=O) groups is 2. The van der Waals surface area contributed by atoms with E-state index < -0.39 is 0 Å². The summed E-state index contributed by atoms with van der Waals surface area (Å²) in [6.45, 7) is 1.95. The Labute approximate surface area is 130 Å². The average molecular weight is 296 g/mol. The Morgan fingerprint density at radius 3 is 2.45 bits per heavy atom. The van der Waals surface area contributed by atoms with Gasteiger partial charge in [-0.05, 0) is 36.8 Å². The second-order valence-electron chi connectivity index (χ2n) is 5.08. The molecule has 2 amide bonds. The normalized spacial score (nSPS) is 10.1. The lowest BCUT2D eigenvalue weighted by atomic mass is 10.1. The van der Waals surface area contributed by atoms with Crippen molar-refractivity contribution >= 4 is 23.2 Å². The molecule has 114 valence electrons. The molecule has 0 aliphatic rings. The number of nitrogens with one attached hydrogen (secondary N) is 1. The first kappa shape index (κ1) is 15.8. The number of benzene rings is 2. The van der Waals surface area contributed by atoms with Crippen molar-refractivity contribution < 1.29 is 9.59 Å². The first-order chi connectivity index (χ1) is 10.6. The van der Waals surface area contributed by atoms with Crippen molar-refractivity contribution in [3.63, 3.8) is 0 Å². The maximum atomic E-state index is 12.5. The Balaban J connectivity index is 2.15. The summed E-state index contributed by atoms with van der Waals surface area (Å²) in [5.41, 5.74) is 2.01. The predicted octanol–water partition coefficient (Wildman–Crippen LogP) is 3.70. The van der Waals surface area contributed by atoms with Gasteiger partial charge in [0.25, 0.3) is 5.91 Å². The summed E-state index contributed by atoms with van der Waals surface area (Å²) in [6, 6.07) is 16.5. The van der Waals surface area contributed by atoms with E-state index in [2.05, 4.69) is 5.32 Å². The Hall–Kier alpha value is -2.62. The van der Waals surface area contributed by atoms with E-state index in [-0.39, 0.29) is 11.8 Å². The lowest BCUT2D eigenvalue weighted by molar-refractivity contribution is -0.116. The van der Waals surface area contributed by atoms with Gasteiger partial charge in [0, 0.05) is 30.4 Å². The van der Waals surface area contributed by atoms with E-state index >= 15 is 0 Å². The molecule has 0 aliphatic heterocycles. The highest BCUT2D eigenvalue weighted by atomic mass is 16.2. The van der Waals surface area contributed by atoms with Gasteiger partial charge in [-0.3, -0.25) is 9.59 Å². The third kappa shape index (κ3) is 3.95. The van der Waals surface area contributed by atoms with Crippen molar-refractivity contribution in [3.8, 4) is 0 Å². The molecule has 22 heavy (non-hydrogen) atoms. The highest BCUT2D eigenvalue weighted by Crippen LogP contribution is 2.17. The zero-order valence-corrected chi connectivity index (χ0v) is 12.9. The van der Waals surface area contributed by atoms with Crippen molar-refractivity contribution in [2.75, 3.05) is 17.3 Å². The van der Waals surface area contributed by atoms with E-state index in [9.17, 15) is 9.59 Å². The molecule has 0 saturated carbocycles. The molecule has 0 atom stereocenters. The third-order valence-electron chi connectivity index (χ3n) is 3.32. The van der Waals surface area contributed by atoms with Gasteiger partial charge in [0.1, 0.15) is 0 Å². The summed E-state index contributed by atoms with van der Waals surface area (Å²) in [4.78, 5) is 25.8. The van der Waals surface area contributed by atoms with E-state index in [4.69, 9.17) is 0 Å². The second kappa shape index (κ2) is 7.41. The molecule has 2 rings (SSSR count). The van der Waals surface area contributed by atoms with Crippen molar-refractivity contribution in [3.05, 3.63) is 60.2 Å². The Morgan fingerprint density at radius 1 is 1.05 bits per heavy atom. The van der Waals surface area contributed by atoms with Crippen molar-refractivity contribution in [1.82, 2.24) is 0 Å². The Bertz CT molecular complexity index is 653. The standard InChI is InChI=1S/C18H20N2O2/c1-3-8-17(21)19-15-10-7-9-14(13-15)18(22)20(2)16-11-5-4-6-12-16/h4-7,9-13H,3,8H2,1-2H3,(H,19,21). The van der Waals surface area contributed by atoms with Gasteiger partial charge in [-0.15, -0.1) is 0 Å². The van der Waals surface area contributed by atoms with Gasteiger partial charge < -0.3 is 10.2 Å². The summed E-state index contributed by atoms with van der Waals surface area (Å²) in [6.07, 6.45) is 1.27. The number of hydrogen-bond donors (Lipinski definition) is 1. The first-order valence-corrected chi connectivity index (χ1v) is 7.35. The number of carbonyl (C=O) groups excluding carboxylic acids is 2. The zero-order chi connectivity index (χ0) is 15.9. The van der Waals surface area contributed by atoms with E-state index in [1.807, 2.05) is 37.3 Å². The van der Waals surface area contributed by atoms with Crippen LogP contribution >= 0.6 is 0 Å². The summed E-state index contributed by atoms with van der Waals surface area (Å²) in [5.74, 6) is -0.152. The predicted molar refractivity (Wildman–Crippen MR) is 89.2 cm³/mol. The lowest BCUT2D eigenvalue weighted by Gasteiger charge is -2.17. The van der Waals surface area contributed by atoms with Crippen molar-refractivity contribution in [2.45, 2.75) is 19.8 Å². The van der Waals surface area contributed by atoms with E-state index in [0.29, 0.717) is 17.7 Å². The highest BCUT2D eigenvalue weighted by Gasteiger charge is 2.13. The Morgan fingerprint density at radius 2 is 1.77 bits per heavy atom. The van der Waals surface area contributed by atoms with Crippen LogP contribution < -0.4 is 10.2 Å². The number of para-hydroxylation sites is 1. The SMILES string of the molecule is CCCC(=O)Nc1cccc(C(=O)N(C)c2ccccc2)c1.